The standard InChI is InChI=1S/C52H101NO7/c1-6-8-10-12-14-16-18-20-22-24-25-27-28-30-32-34-36-38-40-42-50(54)59-47-48(46-58-45-44-49(52(56)57)53(3,4)5)60-51(55)43-41-39-37-35-33-31-29-26-23-21-19-17-15-13-11-9-7-2/h48-49H,6-47H2,1-5H3. The zero-order chi connectivity index (χ0) is 44.2. The number of rotatable bonds is 48. The predicted molar refractivity (Wildman–Crippen MR) is 250 cm³/mol. The summed E-state index contributed by atoms with van der Waals surface area (Å²) in [6, 6.07) is -0.720. The molecule has 0 radical (unpaired) electrons. The summed E-state index contributed by atoms with van der Waals surface area (Å²) in [7, 11) is 5.43. The van der Waals surface area contributed by atoms with E-state index in [9.17, 15) is 19.5 Å². The predicted octanol–water partition coefficient (Wildman–Crippen LogP) is 13.5. The number of aliphatic carboxylic acids is 1. The SMILES string of the molecule is CCCCCCCCCCCCCCCCCCCCCC(=O)OCC(COCCC(C(=O)[O-])[N+](C)(C)C)OC(=O)CCCCCCCCCCCCCCCCCCC. The van der Waals surface area contributed by atoms with Gasteiger partial charge in [0.1, 0.15) is 12.6 Å². The van der Waals surface area contributed by atoms with Crippen LogP contribution in [-0.4, -0.2) is 75.5 Å². The molecule has 356 valence electrons. The molecule has 0 aromatic rings. The van der Waals surface area contributed by atoms with Crippen LogP contribution in [0, 0.1) is 0 Å². The normalized spacial score (nSPS) is 12.8. The molecule has 0 heterocycles. The highest BCUT2D eigenvalue weighted by Crippen LogP contribution is 2.17. The summed E-state index contributed by atoms with van der Waals surface area (Å²) in [5.41, 5.74) is 0. The number of carboxylic acid groups (broad SMARTS) is 1. The topological polar surface area (TPSA) is 102 Å². The van der Waals surface area contributed by atoms with Gasteiger partial charge in [-0.2, -0.15) is 0 Å². The fourth-order valence-electron chi connectivity index (χ4n) is 8.19. The number of carboxylic acids is 1. The lowest BCUT2D eigenvalue weighted by atomic mass is 10.0. The molecule has 0 N–H and O–H groups in total. The third kappa shape index (κ3) is 41.7. The molecule has 0 fully saturated rings. The molecule has 0 aromatic heterocycles. The summed E-state index contributed by atoms with van der Waals surface area (Å²) in [5.74, 6) is -1.71. The minimum absolute atomic E-state index is 0.0498. The van der Waals surface area contributed by atoms with Crippen molar-refractivity contribution in [3.8, 4) is 0 Å². The smallest absolute Gasteiger partial charge is 0.306 e. The maximum atomic E-state index is 12.8. The van der Waals surface area contributed by atoms with Crippen molar-refractivity contribution in [2.24, 2.45) is 0 Å². The lowest BCUT2D eigenvalue weighted by Gasteiger charge is -2.34. The van der Waals surface area contributed by atoms with Crippen LogP contribution in [0.15, 0.2) is 0 Å². The van der Waals surface area contributed by atoms with Crippen LogP contribution in [0.5, 0.6) is 0 Å². The third-order valence-electron chi connectivity index (χ3n) is 12.2. The lowest BCUT2D eigenvalue weighted by Crippen LogP contribution is -2.55. The number of hydrogen-bond donors (Lipinski definition) is 0. The van der Waals surface area contributed by atoms with Crippen molar-refractivity contribution >= 4 is 17.9 Å². The second kappa shape index (κ2) is 44.0. The quantitative estimate of drug-likeness (QED) is 0.0341. The molecule has 0 aromatic carbocycles. The van der Waals surface area contributed by atoms with E-state index in [1.54, 1.807) is 0 Å². The van der Waals surface area contributed by atoms with E-state index in [4.69, 9.17) is 14.2 Å². The van der Waals surface area contributed by atoms with Gasteiger partial charge in [0.25, 0.3) is 0 Å². The van der Waals surface area contributed by atoms with E-state index < -0.39 is 18.1 Å². The Hall–Kier alpha value is -1.67. The maximum Gasteiger partial charge on any atom is 0.306 e. The van der Waals surface area contributed by atoms with Crippen LogP contribution in [0.1, 0.15) is 264 Å². The van der Waals surface area contributed by atoms with Crippen molar-refractivity contribution < 1.29 is 38.2 Å². The van der Waals surface area contributed by atoms with E-state index in [1.165, 1.54) is 193 Å². The Balaban J connectivity index is 4.18. The van der Waals surface area contributed by atoms with Gasteiger partial charge >= 0.3 is 11.9 Å². The van der Waals surface area contributed by atoms with E-state index in [0.29, 0.717) is 12.8 Å². The van der Waals surface area contributed by atoms with E-state index in [0.717, 1.165) is 38.5 Å². The Labute approximate surface area is 372 Å². The fourth-order valence-corrected chi connectivity index (χ4v) is 8.19. The van der Waals surface area contributed by atoms with Crippen molar-refractivity contribution in [3.05, 3.63) is 0 Å². The number of unbranched alkanes of at least 4 members (excludes halogenated alkanes) is 34. The molecule has 0 amide bonds. The molecular weight excluding hydrogens is 751 g/mol. The van der Waals surface area contributed by atoms with Gasteiger partial charge in [-0.15, -0.1) is 0 Å². The number of likely N-dealkylation sites (N-methyl/N-ethyl adjacent to an activating group) is 1. The number of nitrogens with zero attached hydrogens (tertiary/aromatic N) is 1. The van der Waals surface area contributed by atoms with Crippen LogP contribution in [0.25, 0.3) is 0 Å². The van der Waals surface area contributed by atoms with Gasteiger partial charge in [-0.25, -0.2) is 0 Å². The summed E-state index contributed by atoms with van der Waals surface area (Å²) in [5, 5.41) is 11.7. The molecule has 0 saturated carbocycles. The highest BCUT2D eigenvalue weighted by Gasteiger charge is 2.25. The highest BCUT2D eigenvalue weighted by molar-refractivity contribution is 5.70. The van der Waals surface area contributed by atoms with Gasteiger partial charge < -0.3 is 28.6 Å². The molecule has 0 bridgehead atoms. The number of quaternary nitrogens is 1. The van der Waals surface area contributed by atoms with Gasteiger partial charge in [0.2, 0.25) is 0 Å². The van der Waals surface area contributed by atoms with E-state index in [1.807, 2.05) is 21.1 Å². The molecule has 8 heteroatoms. The molecule has 0 aliphatic heterocycles. The summed E-state index contributed by atoms with van der Waals surface area (Å²) >= 11 is 0. The number of carbonyl (C=O) groups excluding carboxylic acids is 3. The Morgan fingerprint density at radius 2 is 0.733 bits per heavy atom. The third-order valence-corrected chi connectivity index (χ3v) is 12.2. The first kappa shape index (κ1) is 58.3. The molecule has 8 nitrogen and oxygen atoms in total. The lowest BCUT2D eigenvalue weighted by molar-refractivity contribution is -0.889. The Morgan fingerprint density at radius 1 is 0.433 bits per heavy atom. The van der Waals surface area contributed by atoms with E-state index in [2.05, 4.69) is 13.8 Å². The summed E-state index contributed by atoms with van der Waals surface area (Å²) < 4.78 is 17.3. The second-order valence-electron chi connectivity index (χ2n) is 19.1. The van der Waals surface area contributed by atoms with Gasteiger partial charge in [-0.3, -0.25) is 9.59 Å². The molecule has 0 saturated heterocycles. The second-order valence-corrected chi connectivity index (χ2v) is 19.1. The molecule has 0 rings (SSSR count). The largest absolute Gasteiger partial charge is 0.544 e. The monoisotopic (exact) mass is 852 g/mol. The summed E-state index contributed by atoms with van der Waals surface area (Å²) in [6.45, 7) is 4.73. The average Bonchev–Trinajstić information content (AvgIpc) is 3.21. The Bertz CT molecular complexity index is 951. The molecule has 0 spiro atoms. The summed E-state index contributed by atoms with van der Waals surface area (Å²) in [6.07, 6.45) is 47.0. The first-order valence-corrected chi connectivity index (χ1v) is 26.1. The first-order valence-electron chi connectivity index (χ1n) is 26.1. The highest BCUT2D eigenvalue weighted by atomic mass is 16.6. The average molecular weight is 852 g/mol. The van der Waals surface area contributed by atoms with E-state index >= 15 is 0 Å². The van der Waals surface area contributed by atoms with Crippen LogP contribution in [-0.2, 0) is 28.6 Å². The number of ether oxygens (including phenoxy) is 3. The Kier molecular flexibility index (Phi) is 42.7. The fraction of sp³-hybridized carbons (Fsp3) is 0.942. The molecule has 2 unspecified atom stereocenters. The first-order chi connectivity index (χ1) is 29.1. The Morgan fingerprint density at radius 3 is 1.03 bits per heavy atom. The molecule has 2 atom stereocenters. The van der Waals surface area contributed by atoms with Crippen molar-refractivity contribution in [1.29, 1.82) is 0 Å². The maximum absolute atomic E-state index is 12.8. The molecule has 60 heavy (non-hydrogen) atoms. The van der Waals surface area contributed by atoms with Crippen molar-refractivity contribution in [3.63, 3.8) is 0 Å². The minimum atomic E-state index is -1.12. The molecule has 0 aliphatic rings. The van der Waals surface area contributed by atoms with Crippen LogP contribution in [0.2, 0.25) is 0 Å². The van der Waals surface area contributed by atoms with Gasteiger partial charge in [0.15, 0.2) is 6.10 Å². The number of carbonyl (C=O) groups is 3. The molecule has 0 aliphatic carbocycles. The molecular formula is C52H101NO7. The summed E-state index contributed by atoms with van der Waals surface area (Å²) in [4.78, 5) is 37.0. The van der Waals surface area contributed by atoms with Gasteiger partial charge in [0, 0.05) is 19.3 Å². The van der Waals surface area contributed by atoms with Crippen LogP contribution < -0.4 is 5.11 Å². The van der Waals surface area contributed by atoms with Gasteiger partial charge in [-0.1, -0.05) is 232 Å². The van der Waals surface area contributed by atoms with E-state index in [-0.39, 0.29) is 42.7 Å². The zero-order valence-corrected chi connectivity index (χ0v) is 40.7. The van der Waals surface area contributed by atoms with Crippen LogP contribution in [0.3, 0.4) is 0 Å². The minimum Gasteiger partial charge on any atom is -0.544 e. The number of hydrogen-bond acceptors (Lipinski definition) is 7. The van der Waals surface area contributed by atoms with Crippen molar-refractivity contribution in [2.45, 2.75) is 276 Å². The van der Waals surface area contributed by atoms with Gasteiger partial charge in [0.05, 0.1) is 40.3 Å². The van der Waals surface area contributed by atoms with Crippen LogP contribution in [0.4, 0.5) is 0 Å². The van der Waals surface area contributed by atoms with Crippen molar-refractivity contribution in [1.82, 2.24) is 0 Å². The van der Waals surface area contributed by atoms with Crippen molar-refractivity contribution in [2.75, 3.05) is 41.0 Å². The number of esters is 2. The van der Waals surface area contributed by atoms with Crippen LogP contribution >= 0.6 is 0 Å². The van der Waals surface area contributed by atoms with Gasteiger partial charge in [-0.05, 0) is 12.8 Å². The zero-order valence-electron chi connectivity index (χ0n) is 40.7.